The van der Waals surface area contributed by atoms with Crippen LogP contribution >= 0.6 is 11.3 Å². The molecule has 154 valence electrons. The number of piperidine rings is 1. The zero-order chi connectivity index (χ0) is 20.2. The summed E-state index contributed by atoms with van der Waals surface area (Å²) in [6, 6.07) is 9.90. The smallest absolute Gasteiger partial charge is 0.266 e. The number of hydrogen-bond donors (Lipinski definition) is 0. The van der Waals surface area contributed by atoms with Crippen molar-refractivity contribution in [3.63, 3.8) is 0 Å². The fourth-order valence-corrected chi connectivity index (χ4v) is 4.96. The molecule has 2 amide bonds. The Morgan fingerprint density at radius 3 is 2.31 bits per heavy atom. The Balaban J connectivity index is 1.37. The van der Waals surface area contributed by atoms with Crippen LogP contribution in [0.5, 0.6) is 0 Å². The predicted octanol–water partition coefficient (Wildman–Crippen LogP) is 2.89. The van der Waals surface area contributed by atoms with Gasteiger partial charge in [-0.15, -0.1) is 11.3 Å². The third-order valence-electron chi connectivity index (χ3n) is 5.70. The Morgan fingerprint density at radius 2 is 1.62 bits per heavy atom. The van der Waals surface area contributed by atoms with Gasteiger partial charge in [0.05, 0.1) is 17.2 Å². The minimum absolute atomic E-state index is 0.0523. The summed E-state index contributed by atoms with van der Waals surface area (Å²) in [6.45, 7) is 6.98. The first-order chi connectivity index (χ1) is 14.1. The van der Waals surface area contributed by atoms with E-state index in [0.29, 0.717) is 24.5 Å². The first-order valence-corrected chi connectivity index (χ1v) is 11.3. The molecule has 1 aromatic carbocycles. The second-order valence-corrected chi connectivity index (χ2v) is 8.99. The number of likely N-dealkylation sites (tertiary alicyclic amines) is 1. The number of piperazine rings is 1. The summed E-state index contributed by atoms with van der Waals surface area (Å²) in [5, 5.41) is 0.901. The van der Waals surface area contributed by atoms with Gasteiger partial charge in [0.2, 0.25) is 5.91 Å². The molecular formula is C22H28N4O2S. The molecule has 2 aromatic rings. The lowest BCUT2D eigenvalue weighted by Crippen LogP contribution is -2.52. The number of thiazole rings is 1. The highest BCUT2D eigenvalue weighted by atomic mass is 32.1. The Morgan fingerprint density at radius 1 is 0.931 bits per heavy atom. The highest BCUT2D eigenvalue weighted by Crippen LogP contribution is 2.29. The van der Waals surface area contributed by atoms with E-state index in [4.69, 9.17) is 0 Å². The molecule has 0 N–H and O–H groups in total. The second kappa shape index (κ2) is 9.05. The first-order valence-electron chi connectivity index (χ1n) is 10.4. The Hall–Kier alpha value is -2.25. The minimum Gasteiger partial charge on any atom is -0.342 e. The van der Waals surface area contributed by atoms with Crippen LogP contribution < -0.4 is 0 Å². The molecule has 0 bridgehead atoms. The van der Waals surface area contributed by atoms with E-state index in [9.17, 15) is 9.59 Å². The SMILES string of the molecule is Cc1nc(-c2ccccc2)c(C(=O)N2CCN(CC(=O)N3CCCCC3)CC2)s1. The van der Waals surface area contributed by atoms with Gasteiger partial charge in [-0.3, -0.25) is 14.5 Å². The standard InChI is InChI=1S/C22H28N4O2S/c1-17-23-20(18-8-4-2-5-9-18)21(29-17)22(28)26-14-12-24(13-15-26)16-19(27)25-10-6-3-7-11-25/h2,4-5,8-9H,3,6-7,10-16H2,1H3. The highest BCUT2D eigenvalue weighted by Gasteiger charge is 2.28. The molecule has 0 radical (unpaired) electrons. The van der Waals surface area contributed by atoms with E-state index in [1.807, 2.05) is 47.1 Å². The van der Waals surface area contributed by atoms with Crippen LogP contribution in [0.25, 0.3) is 11.3 Å². The van der Waals surface area contributed by atoms with Crippen molar-refractivity contribution in [2.75, 3.05) is 45.8 Å². The number of carbonyl (C=O) groups excluding carboxylic acids is 2. The number of hydrogen-bond acceptors (Lipinski definition) is 5. The Labute approximate surface area is 176 Å². The molecule has 4 rings (SSSR count). The molecule has 3 heterocycles. The summed E-state index contributed by atoms with van der Waals surface area (Å²) >= 11 is 1.46. The van der Waals surface area contributed by atoms with E-state index in [1.165, 1.54) is 17.8 Å². The van der Waals surface area contributed by atoms with Crippen molar-refractivity contribution in [2.24, 2.45) is 0 Å². The van der Waals surface area contributed by atoms with E-state index in [1.54, 1.807) is 0 Å². The quantitative estimate of drug-likeness (QED) is 0.775. The van der Waals surface area contributed by atoms with Gasteiger partial charge in [0.1, 0.15) is 4.88 Å². The number of amides is 2. The van der Waals surface area contributed by atoms with Gasteiger partial charge in [-0.05, 0) is 26.2 Å². The van der Waals surface area contributed by atoms with Crippen molar-refractivity contribution in [3.05, 3.63) is 40.2 Å². The lowest BCUT2D eigenvalue weighted by Gasteiger charge is -2.36. The van der Waals surface area contributed by atoms with Crippen molar-refractivity contribution in [1.29, 1.82) is 0 Å². The highest BCUT2D eigenvalue weighted by molar-refractivity contribution is 7.14. The van der Waals surface area contributed by atoms with Gasteiger partial charge in [-0.25, -0.2) is 4.98 Å². The summed E-state index contributed by atoms with van der Waals surface area (Å²) < 4.78 is 0. The van der Waals surface area contributed by atoms with Gasteiger partial charge in [0.15, 0.2) is 0 Å². The number of aromatic nitrogens is 1. The van der Waals surface area contributed by atoms with Gasteiger partial charge in [0.25, 0.3) is 5.91 Å². The van der Waals surface area contributed by atoms with Crippen LogP contribution in [-0.2, 0) is 4.79 Å². The summed E-state index contributed by atoms with van der Waals surface area (Å²) in [6.07, 6.45) is 3.46. The molecule has 0 atom stereocenters. The second-order valence-electron chi connectivity index (χ2n) is 7.79. The number of nitrogens with zero attached hydrogens (tertiary/aromatic N) is 4. The normalized spacial score (nSPS) is 18.1. The predicted molar refractivity (Wildman–Crippen MR) is 115 cm³/mol. The topological polar surface area (TPSA) is 56.8 Å². The van der Waals surface area contributed by atoms with E-state index in [0.717, 1.165) is 55.3 Å². The van der Waals surface area contributed by atoms with E-state index < -0.39 is 0 Å². The molecule has 2 saturated heterocycles. The van der Waals surface area contributed by atoms with Crippen LogP contribution in [0.2, 0.25) is 0 Å². The fraction of sp³-hybridized carbons (Fsp3) is 0.500. The maximum atomic E-state index is 13.2. The Bertz CT molecular complexity index is 853. The molecule has 6 nitrogen and oxygen atoms in total. The Kier molecular flexibility index (Phi) is 6.25. The maximum Gasteiger partial charge on any atom is 0.266 e. The van der Waals surface area contributed by atoms with Crippen LogP contribution in [0, 0.1) is 6.92 Å². The van der Waals surface area contributed by atoms with Gasteiger partial charge < -0.3 is 9.80 Å². The van der Waals surface area contributed by atoms with Crippen LogP contribution in [0.1, 0.15) is 33.9 Å². The number of carbonyl (C=O) groups is 2. The third kappa shape index (κ3) is 4.67. The zero-order valence-corrected chi connectivity index (χ0v) is 17.8. The van der Waals surface area contributed by atoms with Crippen molar-refractivity contribution in [2.45, 2.75) is 26.2 Å². The van der Waals surface area contributed by atoms with Crippen LogP contribution in [0.15, 0.2) is 30.3 Å². The monoisotopic (exact) mass is 412 g/mol. The third-order valence-corrected chi connectivity index (χ3v) is 6.66. The molecule has 0 saturated carbocycles. The molecule has 2 aliphatic rings. The van der Waals surface area contributed by atoms with Gasteiger partial charge in [-0.1, -0.05) is 30.3 Å². The lowest BCUT2D eigenvalue weighted by atomic mass is 10.1. The maximum absolute atomic E-state index is 13.2. The largest absolute Gasteiger partial charge is 0.342 e. The molecule has 1 aromatic heterocycles. The van der Waals surface area contributed by atoms with Crippen molar-refractivity contribution in [3.8, 4) is 11.3 Å². The van der Waals surface area contributed by atoms with Gasteiger partial charge in [0, 0.05) is 44.8 Å². The molecule has 2 fully saturated rings. The van der Waals surface area contributed by atoms with Crippen molar-refractivity contribution < 1.29 is 9.59 Å². The average molecular weight is 413 g/mol. The molecule has 7 heteroatoms. The summed E-state index contributed by atoms with van der Waals surface area (Å²) in [7, 11) is 0. The summed E-state index contributed by atoms with van der Waals surface area (Å²) in [4.78, 5) is 37.1. The molecule has 0 spiro atoms. The van der Waals surface area contributed by atoms with Crippen LogP contribution in [0.3, 0.4) is 0 Å². The molecular weight excluding hydrogens is 384 g/mol. The number of benzene rings is 1. The molecule has 2 aliphatic heterocycles. The van der Waals surface area contributed by atoms with Gasteiger partial charge >= 0.3 is 0 Å². The van der Waals surface area contributed by atoms with Crippen molar-refractivity contribution >= 4 is 23.2 Å². The molecule has 29 heavy (non-hydrogen) atoms. The van der Waals surface area contributed by atoms with Crippen molar-refractivity contribution in [1.82, 2.24) is 19.7 Å². The first kappa shape index (κ1) is 20.0. The molecule has 0 unspecified atom stereocenters. The summed E-state index contributed by atoms with van der Waals surface area (Å²) in [5.74, 6) is 0.283. The summed E-state index contributed by atoms with van der Waals surface area (Å²) in [5.41, 5.74) is 1.76. The number of rotatable bonds is 4. The minimum atomic E-state index is 0.0523. The molecule has 0 aliphatic carbocycles. The van der Waals surface area contributed by atoms with Crippen LogP contribution in [-0.4, -0.2) is 77.3 Å². The lowest BCUT2D eigenvalue weighted by molar-refractivity contribution is -0.133. The van der Waals surface area contributed by atoms with Crippen LogP contribution in [0.4, 0.5) is 0 Å². The zero-order valence-electron chi connectivity index (χ0n) is 17.0. The van der Waals surface area contributed by atoms with E-state index in [-0.39, 0.29) is 11.8 Å². The van der Waals surface area contributed by atoms with E-state index in [2.05, 4.69) is 9.88 Å². The van der Waals surface area contributed by atoms with Gasteiger partial charge in [-0.2, -0.15) is 0 Å². The fourth-order valence-electron chi connectivity index (χ4n) is 4.05. The number of aryl methyl sites for hydroxylation is 1. The van der Waals surface area contributed by atoms with E-state index >= 15 is 0 Å². The average Bonchev–Trinajstić information content (AvgIpc) is 3.16.